The van der Waals surface area contributed by atoms with Gasteiger partial charge in [0.05, 0.1) is 39.6 Å². The molecule has 0 atom stereocenters. The van der Waals surface area contributed by atoms with Gasteiger partial charge in [-0.3, -0.25) is 18.7 Å². The Hall–Kier alpha value is -5.75. The lowest BCUT2D eigenvalue weighted by molar-refractivity contribution is -0.572. The van der Waals surface area contributed by atoms with Crippen molar-refractivity contribution in [1.82, 2.24) is 19.1 Å². The third-order valence-electron chi connectivity index (χ3n) is 9.80. The molecule has 8 rings (SSSR count). The number of para-hydroxylation sites is 3. The van der Waals surface area contributed by atoms with Crippen LogP contribution in [0.1, 0.15) is 81.7 Å². The van der Waals surface area contributed by atoms with Gasteiger partial charge >= 0.3 is 0 Å². The maximum atomic E-state index is 8.95. The van der Waals surface area contributed by atoms with E-state index >= 15 is 0 Å². The summed E-state index contributed by atoms with van der Waals surface area (Å²) in [6.07, 6.45) is 7.35. The molecule has 6 heteroatoms. The number of imidazole rings is 1. The fraction of sp³-hybridized carbons (Fsp3) is 0.271. The lowest BCUT2D eigenvalue weighted by Crippen LogP contribution is -2.31. The van der Waals surface area contributed by atoms with Crippen LogP contribution in [0.15, 0.2) is 122 Å². The Morgan fingerprint density at radius 1 is 0.685 bits per heavy atom. The highest BCUT2D eigenvalue weighted by atomic mass is 16.5. The van der Waals surface area contributed by atoms with Crippen molar-refractivity contribution in [2.24, 2.45) is 5.41 Å². The van der Waals surface area contributed by atoms with Gasteiger partial charge in [-0.15, -0.1) is 0 Å². The third kappa shape index (κ3) is 6.77. The normalized spacial score (nSPS) is 13.4. The molecule has 272 valence electrons. The lowest BCUT2D eigenvalue weighted by Gasteiger charge is -2.26. The molecule has 54 heavy (non-hydrogen) atoms. The van der Waals surface area contributed by atoms with E-state index in [0.29, 0.717) is 22.9 Å². The highest BCUT2D eigenvalue weighted by molar-refractivity contribution is 6.09. The number of hydrogen-bond donors (Lipinski definition) is 0. The molecule has 0 amide bonds. The van der Waals surface area contributed by atoms with Gasteiger partial charge in [0.25, 0.3) is 6.33 Å². The minimum absolute atomic E-state index is 0.0233. The predicted octanol–water partition coefficient (Wildman–Crippen LogP) is 11.6. The third-order valence-corrected chi connectivity index (χ3v) is 9.80. The number of ether oxygens (including phenoxy) is 1. The first kappa shape index (κ1) is 32.9. The Balaban J connectivity index is 1.20. The van der Waals surface area contributed by atoms with Gasteiger partial charge in [0.15, 0.2) is 0 Å². The van der Waals surface area contributed by atoms with E-state index in [1.807, 2.05) is 74.0 Å². The van der Waals surface area contributed by atoms with Gasteiger partial charge in [-0.05, 0) is 87.8 Å². The highest BCUT2D eigenvalue weighted by Gasteiger charge is 2.23. The monoisotopic (exact) mass is 713 g/mol. The number of benzene rings is 4. The first-order chi connectivity index (χ1) is 26.4. The van der Waals surface area contributed by atoms with Gasteiger partial charge in [-0.1, -0.05) is 111 Å². The number of nitrogens with zero attached hydrogens (tertiary/aromatic N) is 5. The molecule has 6 nitrogen and oxygen atoms in total. The Kier molecular flexibility index (Phi) is 7.90. The first-order valence-corrected chi connectivity index (χ1v) is 18.6. The Labute approximate surface area is 321 Å². The first-order valence-electron chi connectivity index (χ1n) is 19.6. The zero-order valence-corrected chi connectivity index (χ0v) is 32.7. The van der Waals surface area contributed by atoms with Crippen molar-refractivity contribution in [3.05, 3.63) is 145 Å². The van der Waals surface area contributed by atoms with Crippen molar-refractivity contribution < 1.29 is 12.0 Å². The van der Waals surface area contributed by atoms with E-state index in [-0.39, 0.29) is 10.8 Å². The van der Waals surface area contributed by atoms with E-state index in [1.165, 1.54) is 11.1 Å². The summed E-state index contributed by atoms with van der Waals surface area (Å²) in [4.78, 5) is 9.38. The number of rotatable bonds is 6. The SMILES string of the molecule is [2H]C([2H])(c1ccnc(-n2c3ccccc3c3ccc(Oc4cncc(-n5[c-][n+](-c6cc(C(C)(C)C)cc(C(C)(C)C)c6)c6ccccc65)c4)cc32)c1)C(C)(C)C. The second-order valence-corrected chi connectivity index (χ2v) is 17.3. The lowest BCUT2D eigenvalue weighted by atomic mass is 9.80. The zero-order chi connectivity index (χ0) is 39.8. The average molecular weight is 714 g/mol. The topological polar surface area (TPSA) is 48.8 Å². The number of pyridine rings is 2. The van der Waals surface area contributed by atoms with Gasteiger partial charge < -0.3 is 4.74 Å². The summed E-state index contributed by atoms with van der Waals surface area (Å²) in [6.45, 7) is 19.3. The molecule has 4 aromatic heterocycles. The minimum Gasteiger partial charge on any atom is -0.456 e. The van der Waals surface area contributed by atoms with Crippen molar-refractivity contribution in [3.63, 3.8) is 0 Å². The summed E-state index contributed by atoms with van der Waals surface area (Å²) in [5.74, 6) is 1.88. The van der Waals surface area contributed by atoms with Crippen molar-refractivity contribution in [1.29, 1.82) is 0 Å². The predicted molar refractivity (Wildman–Crippen MR) is 221 cm³/mol. The number of fused-ring (bicyclic) bond motifs is 4. The van der Waals surface area contributed by atoms with Crippen LogP contribution in [0.3, 0.4) is 0 Å². The molecule has 0 N–H and O–H groups in total. The van der Waals surface area contributed by atoms with Crippen LogP contribution in [-0.2, 0) is 17.2 Å². The summed E-state index contributed by atoms with van der Waals surface area (Å²) in [5, 5.41) is 2.13. The van der Waals surface area contributed by atoms with Crippen LogP contribution in [0, 0.1) is 11.7 Å². The van der Waals surface area contributed by atoms with Crippen LogP contribution in [0.4, 0.5) is 0 Å². The zero-order valence-electron chi connectivity index (χ0n) is 34.7. The van der Waals surface area contributed by atoms with Gasteiger partial charge in [-0.2, -0.15) is 0 Å². The van der Waals surface area contributed by atoms with Gasteiger partial charge in [0.2, 0.25) is 0 Å². The summed E-state index contributed by atoms with van der Waals surface area (Å²) < 4.78 is 30.8. The van der Waals surface area contributed by atoms with E-state index in [9.17, 15) is 0 Å². The van der Waals surface area contributed by atoms with Crippen molar-refractivity contribution >= 4 is 32.8 Å². The average Bonchev–Trinajstić information content (AvgIpc) is 3.70. The highest BCUT2D eigenvalue weighted by Crippen LogP contribution is 2.36. The molecule has 0 saturated heterocycles. The summed E-state index contributed by atoms with van der Waals surface area (Å²) in [5.41, 5.74) is 8.31. The van der Waals surface area contributed by atoms with Gasteiger partial charge in [0, 0.05) is 32.0 Å². The maximum Gasteiger partial charge on any atom is 0.269 e. The van der Waals surface area contributed by atoms with Gasteiger partial charge in [-0.25, -0.2) is 4.98 Å². The molecule has 0 saturated carbocycles. The molecule has 4 aromatic carbocycles. The van der Waals surface area contributed by atoms with Crippen LogP contribution in [0.25, 0.3) is 50.0 Å². The van der Waals surface area contributed by atoms with E-state index < -0.39 is 11.8 Å². The Morgan fingerprint density at radius 3 is 2.09 bits per heavy atom. The molecule has 0 aliphatic rings. The van der Waals surface area contributed by atoms with Crippen molar-refractivity contribution in [2.75, 3.05) is 0 Å². The van der Waals surface area contributed by atoms with Crippen LogP contribution in [0.5, 0.6) is 11.5 Å². The molecule has 8 aromatic rings. The molecular formula is C48H49N5O. The molecule has 4 heterocycles. The summed E-state index contributed by atoms with van der Waals surface area (Å²) in [7, 11) is 0. The minimum atomic E-state index is -1.57. The fourth-order valence-corrected chi connectivity index (χ4v) is 7.08. The number of hydrogen-bond acceptors (Lipinski definition) is 3. The van der Waals surface area contributed by atoms with E-state index in [1.54, 1.807) is 18.5 Å². The largest absolute Gasteiger partial charge is 0.456 e. The fourth-order valence-electron chi connectivity index (χ4n) is 7.08. The molecule has 0 bridgehead atoms. The van der Waals surface area contributed by atoms with E-state index in [0.717, 1.165) is 44.2 Å². The molecule has 0 fully saturated rings. The summed E-state index contributed by atoms with van der Waals surface area (Å²) in [6, 6.07) is 35.2. The Morgan fingerprint density at radius 2 is 1.37 bits per heavy atom. The van der Waals surface area contributed by atoms with E-state index in [2.05, 4.69) is 117 Å². The molecular weight excluding hydrogens is 663 g/mol. The standard InChI is InChI=1S/C48H49N5O/c1-46(2,3)28-32-20-21-50-45(22-32)53-41-15-11-10-14-39(41)40-19-18-37(27-44(40)53)54-38-26-36(29-49-30-38)52-31-51(42-16-12-13-17-43(42)52)35-24-33(47(4,5)6)23-34(25-35)48(7,8)9/h10-27,29-30H,28H2,1-9H3/i28D2. The maximum absolute atomic E-state index is 8.95. The molecule has 0 aliphatic carbocycles. The number of aromatic nitrogens is 5. The molecule has 0 radical (unpaired) electrons. The second kappa shape index (κ2) is 13.0. The van der Waals surface area contributed by atoms with E-state index in [4.69, 9.17) is 12.5 Å². The molecule has 0 aliphatic heterocycles. The van der Waals surface area contributed by atoms with Crippen LogP contribution >= 0.6 is 0 Å². The van der Waals surface area contributed by atoms with Crippen molar-refractivity contribution in [2.45, 2.75) is 79.5 Å². The summed E-state index contributed by atoms with van der Waals surface area (Å²) >= 11 is 0. The second-order valence-electron chi connectivity index (χ2n) is 17.3. The molecule has 0 spiro atoms. The van der Waals surface area contributed by atoms with Crippen LogP contribution < -0.4 is 9.30 Å². The molecule has 0 unspecified atom stereocenters. The smallest absolute Gasteiger partial charge is 0.269 e. The van der Waals surface area contributed by atoms with Crippen LogP contribution in [-0.4, -0.2) is 19.1 Å². The quantitative estimate of drug-likeness (QED) is 0.127. The Bertz CT molecular complexity index is 2740. The van der Waals surface area contributed by atoms with Crippen molar-refractivity contribution in [3.8, 4) is 28.7 Å². The van der Waals surface area contributed by atoms with Gasteiger partial charge in [0.1, 0.15) is 17.3 Å². The van der Waals surface area contributed by atoms with Crippen LogP contribution in [0.2, 0.25) is 0 Å².